The fourth-order valence-electron chi connectivity index (χ4n) is 4.43. The van der Waals surface area contributed by atoms with Gasteiger partial charge in [0, 0.05) is 36.8 Å². The van der Waals surface area contributed by atoms with E-state index >= 15 is 0 Å². The van der Waals surface area contributed by atoms with E-state index in [9.17, 15) is 22.8 Å². The summed E-state index contributed by atoms with van der Waals surface area (Å²) in [6.07, 6.45) is -2.86. The average molecular weight is 524 g/mol. The summed E-state index contributed by atoms with van der Waals surface area (Å²) in [5.74, 6) is -0.489. The fraction of sp³-hybridized carbons (Fsp3) is 0.214. The molecule has 0 atom stereocenters. The van der Waals surface area contributed by atoms with Crippen molar-refractivity contribution in [3.63, 3.8) is 0 Å². The molecule has 1 saturated heterocycles. The lowest BCUT2D eigenvalue weighted by Gasteiger charge is -2.37. The molecule has 1 fully saturated rings. The first kappa shape index (κ1) is 25.0. The Morgan fingerprint density at radius 3 is 2.19 bits per heavy atom. The van der Waals surface area contributed by atoms with Crippen molar-refractivity contribution in [1.29, 1.82) is 0 Å². The molecule has 2 aliphatic heterocycles. The number of anilines is 2. The molecule has 2 heterocycles. The summed E-state index contributed by atoms with van der Waals surface area (Å²) in [7, 11) is 0. The van der Waals surface area contributed by atoms with E-state index in [0.29, 0.717) is 42.3 Å². The maximum absolute atomic E-state index is 13.5. The van der Waals surface area contributed by atoms with E-state index in [1.807, 2.05) is 48.5 Å². The van der Waals surface area contributed by atoms with Gasteiger partial charge in [-0.15, -0.1) is 0 Å². The van der Waals surface area contributed by atoms with Gasteiger partial charge in [-0.2, -0.15) is 13.2 Å². The Balaban J connectivity index is 1.32. The molecule has 0 aliphatic carbocycles. The number of rotatable bonds is 4. The molecule has 5 nitrogen and oxygen atoms in total. The number of carbonyl (C=O) groups is 2. The van der Waals surface area contributed by atoms with Crippen molar-refractivity contribution in [2.75, 3.05) is 42.5 Å². The van der Waals surface area contributed by atoms with Gasteiger partial charge < -0.3 is 9.80 Å². The Labute approximate surface area is 217 Å². The first-order chi connectivity index (χ1) is 17.8. The van der Waals surface area contributed by atoms with Crippen molar-refractivity contribution in [3.05, 3.63) is 94.9 Å². The van der Waals surface area contributed by atoms with Gasteiger partial charge in [0.2, 0.25) is 5.91 Å². The number of benzene rings is 3. The summed E-state index contributed by atoms with van der Waals surface area (Å²) < 4.78 is 38.8. The van der Waals surface area contributed by atoms with Crippen molar-refractivity contribution >= 4 is 41.0 Å². The van der Waals surface area contributed by atoms with Crippen LogP contribution in [0.4, 0.5) is 24.5 Å². The van der Waals surface area contributed by atoms with Crippen molar-refractivity contribution in [1.82, 2.24) is 4.90 Å². The average Bonchev–Trinajstić information content (AvgIpc) is 2.91. The van der Waals surface area contributed by atoms with Gasteiger partial charge in [-0.25, -0.2) is 0 Å². The van der Waals surface area contributed by atoms with Crippen molar-refractivity contribution in [2.24, 2.45) is 0 Å². The van der Waals surface area contributed by atoms with Crippen LogP contribution in [0, 0.1) is 0 Å². The molecule has 37 heavy (non-hydrogen) atoms. The number of hydrogen-bond donors (Lipinski definition) is 0. The SMILES string of the molecule is O=C(CN1C(=O)C(=Cc2ccc(C(F)(F)F)cc2)Sc2ccccc21)N1CCN(c2ccccc2)CC1. The lowest BCUT2D eigenvalue weighted by molar-refractivity contribution is -0.137. The Morgan fingerprint density at radius 1 is 0.865 bits per heavy atom. The van der Waals surface area contributed by atoms with Gasteiger partial charge in [-0.05, 0) is 48.0 Å². The summed E-state index contributed by atoms with van der Waals surface area (Å²) in [6, 6.07) is 22.0. The van der Waals surface area contributed by atoms with Gasteiger partial charge in [0.1, 0.15) is 6.54 Å². The molecule has 0 spiro atoms. The number of fused-ring (bicyclic) bond motifs is 1. The van der Waals surface area contributed by atoms with Gasteiger partial charge in [-0.1, -0.05) is 54.2 Å². The molecule has 2 amide bonds. The van der Waals surface area contributed by atoms with Crippen LogP contribution in [0.1, 0.15) is 11.1 Å². The molecule has 0 N–H and O–H groups in total. The van der Waals surface area contributed by atoms with Gasteiger partial charge in [0.15, 0.2) is 0 Å². The molecular weight excluding hydrogens is 499 g/mol. The van der Waals surface area contributed by atoms with E-state index in [1.54, 1.807) is 17.0 Å². The number of amides is 2. The number of nitrogens with zero attached hydrogens (tertiary/aromatic N) is 3. The quantitative estimate of drug-likeness (QED) is 0.422. The van der Waals surface area contributed by atoms with Crippen LogP contribution in [0.25, 0.3) is 6.08 Å². The minimum Gasteiger partial charge on any atom is -0.368 e. The highest BCUT2D eigenvalue weighted by Gasteiger charge is 2.33. The second-order valence-electron chi connectivity index (χ2n) is 8.79. The topological polar surface area (TPSA) is 43.9 Å². The number of piperazine rings is 1. The molecule has 3 aromatic carbocycles. The fourth-order valence-corrected chi connectivity index (χ4v) is 5.49. The molecule has 2 aliphatic rings. The number of hydrogen-bond acceptors (Lipinski definition) is 4. The van der Waals surface area contributed by atoms with E-state index < -0.39 is 11.7 Å². The van der Waals surface area contributed by atoms with Gasteiger partial charge in [0.05, 0.1) is 16.2 Å². The largest absolute Gasteiger partial charge is 0.416 e. The van der Waals surface area contributed by atoms with E-state index in [-0.39, 0.29) is 18.4 Å². The van der Waals surface area contributed by atoms with Gasteiger partial charge in [-0.3, -0.25) is 14.5 Å². The first-order valence-electron chi connectivity index (χ1n) is 11.8. The Kier molecular flexibility index (Phi) is 6.97. The number of carbonyl (C=O) groups excluding carboxylic acids is 2. The van der Waals surface area contributed by atoms with Gasteiger partial charge >= 0.3 is 6.18 Å². The number of thioether (sulfide) groups is 1. The van der Waals surface area contributed by atoms with Crippen LogP contribution in [0.5, 0.6) is 0 Å². The molecule has 0 unspecified atom stereocenters. The highest BCUT2D eigenvalue weighted by molar-refractivity contribution is 8.04. The predicted octanol–water partition coefficient (Wildman–Crippen LogP) is 5.53. The molecule has 9 heteroatoms. The van der Waals surface area contributed by atoms with Crippen LogP contribution in [0.2, 0.25) is 0 Å². The van der Waals surface area contributed by atoms with Crippen molar-refractivity contribution in [3.8, 4) is 0 Å². The summed E-state index contributed by atoms with van der Waals surface area (Å²) in [6.45, 7) is 2.41. The zero-order valence-corrected chi connectivity index (χ0v) is 20.6. The van der Waals surface area contributed by atoms with Crippen molar-refractivity contribution in [2.45, 2.75) is 11.1 Å². The summed E-state index contributed by atoms with van der Waals surface area (Å²) in [5.41, 5.74) is 1.50. The lowest BCUT2D eigenvalue weighted by Crippen LogP contribution is -2.52. The van der Waals surface area contributed by atoms with Crippen LogP contribution in [0.3, 0.4) is 0 Å². The van der Waals surface area contributed by atoms with Crippen molar-refractivity contribution < 1.29 is 22.8 Å². The minimum atomic E-state index is -4.43. The Hall–Kier alpha value is -3.72. The summed E-state index contributed by atoms with van der Waals surface area (Å²) >= 11 is 1.25. The summed E-state index contributed by atoms with van der Waals surface area (Å²) in [4.78, 5) is 33.3. The number of halogens is 3. The van der Waals surface area contributed by atoms with Crippen LogP contribution >= 0.6 is 11.8 Å². The number of para-hydroxylation sites is 2. The normalized spacial score (nSPS) is 17.2. The molecule has 0 radical (unpaired) electrons. The van der Waals surface area contributed by atoms with E-state index in [1.165, 1.54) is 28.8 Å². The molecule has 3 aromatic rings. The van der Waals surface area contributed by atoms with Gasteiger partial charge in [0.25, 0.3) is 5.91 Å². The number of alkyl halides is 3. The lowest BCUT2D eigenvalue weighted by atomic mass is 10.1. The van der Waals surface area contributed by atoms with Crippen LogP contribution in [0.15, 0.2) is 88.7 Å². The second-order valence-corrected chi connectivity index (χ2v) is 9.88. The standard InChI is InChI=1S/C28H24F3N3O2S/c29-28(30,31)21-12-10-20(11-13-21)18-25-27(36)34(23-8-4-5-9-24(23)37-25)19-26(35)33-16-14-32(15-17-33)22-6-2-1-3-7-22/h1-13,18H,14-17,19H2. The predicted molar refractivity (Wildman–Crippen MR) is 139 cm³/mol. The molecule has 190 valence electrons. The van der Waals surface area contributed by atoms with Crippen LogP contribution < -0.4 is 9.80 Å². The monoisotopic (exact) mass is 523 g/mol. The Morgan fingerprint density at radius 2 is 1.51 bits per heavy atom. The molecule has 5 rings (SSSR count). The highest BCUT2D eigenvalue weighted by atomic mass is 32.2. The molecule has 0 bridgehead atoms. The van der Waals surface area contributed by atoms with Crippen LogP contribution in [-0.4, -0.2) is 49.4 Å². The molecule has 0 saturated carbocycles. The maximum atomic E-state index is 13.5. The van der Waals surface area contributed by atoms with E-state index in [0.717, 1.165) is 22.7 Å². The second kappa shape index (κ2) is 10.3. The zero-order valence-electron chi connectivity index (χ0n) is 19.8. The third-order valence-corrected chi connectivity index (χ3v) is 7.49. The van der Waals surface area contributed by atoms with E-state index in [2.05, 4.69) is 4.90 Å². The highest BCUT2D eigenvalue weighted by Crippen LogP contribution is 2.42. The minimum absolute atomic E-state index is 0.105. The molecular formula is C28H24F3N3O2S. The Bertz CT molecular complexity index is 1320. The maximum Gasteiger partial charge on any atom is 0.416 e. The smallest absolute Gasteiger partial charge is 0.368 e. The molecule has 0 aromatic heterocycles. The first-order valence-corrected chi connectivity index (χ1v) is 12.7. The third-order valence-electron chi connectivity index (χ3n) is 6.41. The zero-order chi connectivity index (χ0) is 26.0. The summed E-state index contributed by atoms with van der Waals surface area (Å²) in [5, 5.41) is 0. The van der Waals surface area contributed by atoms with E-state index in [4.69, 9.17) is 0 Å². The third kappa shape index (κ3) is 5.51. The van der Waals surface area contributed by atoms with Crippen LogP contribution in [-0.2, 0) is 15.8 Å².